The zero-order valence-electron chi connectivity index (χ0n) is 44.0. The fraction of sp³-hybridized carbons (Fsp3) is 0.776. The SMILES string of the molecule is CC/C=C\C/C=C\C/C=C\C/C=C\CCCCCCC(=O)OC(COC(=O)CCCCCCCCCCCCCCC/C=C\CCCCCCCCCC)COC(OCC[N+](C)(C)C)C(=O)[O-]. The van der Waals surface area contributed by atoms with Gasteiger partial charge in [-0.3, -0.25) is 9.59 Å². The first-order valence-electron chi connectivity index (χ1n) is 27.4. The number of unbranched alkanes of at least 4 members (excludes halogenated alkanes) is 25. The minimum Gasteiger partial charge on any atom is -0.545 e. The van der Waals surface area contributed by atoms with E-state index in [0.717, 1.165) is 70.6 Å². The maximum Gasteiger partial charge on any atom is 0.306 e. The quantitative estimate of drug-likeness (QED) is 0.0195. The van der Waals surface area contributed by atoms with E-state index in [2.05, 4.69) is 74.6 Å². The van der Waals surface area contributed by atoms with Gasteiger partial charge in [0.1, 0.15) is 13.2 Å². The van der Waals surface area contributed by atoms with Crippen molar-refractivity contribution in [1.29, 1.82) is 0 Å². The number of allylic oxidation sites excluding steroid dienone is 10. The Bertz CT molecular complexity index is 1280. The van der Waals surface area contributed by atoms with Crippen molar-refractivity contribution in [3.63, 3.8) is 0 Å². The van der Waals surface area contributed by atoms with E-state index in [1.807, 2.05) is 21.1 Å². The van der Waals surface area contributed by atoms with Crippen molar-refractivity contribution < 1.29 is 42.9 Å². The Morgan fingerprint density at radius 3 is 1.28 bits per heavy atom. The van der Waals surface area contributed by atoms with Crippen LogP contribution in [0, 0.1) is 0 Å². The molecule has 0 spiro atoms. The molecule has 0 saturated carbocycles. The number of hydrogen-bond donors (Lipinski definition) is 0. The highest BCUT2D eigenvalue weighted by molar-refractivity contribution is 5.70. The molecule has 0 aromatic heterocycles. The molecule has 0 aromatic carbocycles. The molecule has 388 valence electrons. The zero-order valence-corrected chi connectivity index (χ0v) is 44.0. The summed E-state index contributed by atoms with van der Waals surface area (Å²) in [5.74, 6) is -2.31. The highest BCUT2D eigenvalue weighted by Crippen LogP contribution is 2.15. The summed E-state index contributed by atoms with van der Waals surface area (Å²) in [4.78, 5) is 37.2. The number of nitrogens with zero attached hydrogens (tertiary/aromatic N) is 1. The van der Waals surface area contributed by atoms with Crippen LogP contribution in [0.25, 0.3) is 0 Å². The van der Waals surface area contributed by atoms with Gasteiger partial charge in [-0.25, -0.2) is 0 Å². The van der Waals surface area contributed by atoms with E-state index in [9.17, 15) is 19.5 Å². The lowest BCUT2D eigenvalue weighted by Gasteiger charge is -2.26. The van der Waals surface area contributed by atoms with Gasteiger partial charge >= 0.3 is 11.9 Å². The van der Waals surface area contributed by atoms with E-state index < -0.39 is 24.3 Å². The topological polar surface area (TPSA) is 111 Å². The van der Waals surface area contributed by atoms with Crippen molar-refractivity contribution >= 4 is 17.9 Å². The van der Waals surface area contributed by atoms with Crippen molar-refractivity contribution in [2.75, 3.05) is 47.5 Å². The minimum atomic E-state index is -1.63. The van der Waals surface area contributed by atoms with Crippen LogP contribution in [0.4, 0.5) is 0 Å². The molecule has 0 aliphatic rings. The first-order valence-corrected chi connectivity index (χ1v) is 27.4. The number of quaternary nitrogens is 1. The van der Waals surface area contributed by atoms with Gasteiger partial charge in [0.25, 0.3) is 0 Å². The average Bonchev–Trinajstić information content (AvgIpc) is 3.29. The fourth-order valence-corrected chi connectivity index (χ4v) is 7.52. The molecule has 0 aliphatic heterocycles. The second-order valence-corrected chi connectivity index (χ2v) is 19.5. The number of rotatable bonds is 50. The summed E-state index contributed by atoms with van der Waals surface area (Å²) in [6.45, 7) is 4.61. The fourth-order valence-electron chi connectivity index (χ4n) is 7.52. The third-order valence-electron chi connectivity index (χ3n) is 11.7. The molecular formula is C58H103NO8. The van der Waals surface area contributed by atoms with Crippen LogP contribution in [-0.2, 0) is 33.3 Å². The Morgan fingerprint density at radius 1 is 0.463 bits per heavy atom. The molecule has 0 radical (unpaired) electrons. The summed E-state index contributed by atoms with van der Waals surface area (Å²) in [6.07, 6.45) is 58.4. The van der Waals surface area contributed by atoms with E-state index in [0.29, 0.717) is 17.4 Å². The van der Waals surface area contributed by atoms with Crippen LogP contribution in [0.1, 0.15) is 232 Å². The Hall–Kier alpha value is -3.01. The summed E-state index contributed by atoms with van der Waals surface area (Å²) in [7, 11) is 5.91. The molecule has 0 heterocycles. The number of likely N-dealkylation sites (N-methyl/N-ethyl adjacent to an activating group) is 1. The van der Waals surface area contributed by atoms with Crippen molar-refractivity contribution in [2.45, 2.75) is 245 Å². The predicted molar refractivity (Wildman–Crippen MR) is 278 cm³/mol. The molecular weight excluding hydrogens is 839 g/mol. The van der Waals surface area contributed by atoms with Crippen molar-refractivity contribution in [2.24, 2.45) is 0 Å². The summed E-state index contributed by atoms with van der Waals surface area (Å²) >= 11 is 0. The van der Waals surface area contributed by atoms with Crippen molar-refractivity contribution in [1.82, 2.24) is 0 Å². The number of esters is 2. The normalized spacial score (nSPS) is 13.3. The monoisotopic (exact) mass is 942 g/mol. The lowest BCUT2D eigenvalue weighted by Crippen LogP contribution is -2.44. The summed E-state index contributed by atoms with van der Waals surface area (Å²) in [5, 5.41) is 11.7. The Balaban J connectivity index is 4.27. The smallest absolute Gasteiger partial charge is 0.306 e. The lowest BCUT2D eigenvalue weighted by atomic mass is 10.0. The molecule has 0 aromatic rings. The molecule has 0 amide bonds. The van der Waals surface area contributed by atoms with Crippen LogP contribution >= 0.6 is 0 Å². The van der Waals surface area contributed by atoms with E-state index >= 15 is 0 Å². The summed E-state index contributed by atoms with van der Waals surface area (Å²) in [6, 6.07) is 0. The van der Waals surface area contributed by atoms with Gasteiger partial charge in [0.05, 0.1) is 40.3 Å². The maximum absolute atomic E-state index is 12.8. The van der Waals surface area contributed by atoms with Crippen LogP contribution in [0.2, 0.25) is 0 Å². The standard InChI is InChI=1S/C58H103NO8/c1-6-8-10-12-14-16-18-20-22-24-25-26-27-28-29-30-31-33-34-36-38-40-42-44-46-48-55(60)65-52-54(53-66-58(57(62)63)64-51-50-59(3,4)5)67-56(61)49-47-45-43-41-39-37-35-32-23-21-19-17-15-13-11-9-7-2/h9,11,15,17,21,23-25,35,37,54,58H,6-8,10,12-14,16,18-20,22,26-34,36,38-53H2,1-5H3/b11-9-,17-15-,23-21-,25-24-,37-35-. The van der Waals surface area contributed by atoms with Crippen molar-refractivity contribution in [3.05, 3.63) is 60.8 Å². The number of carbonyl (C=O) groups excluding carboxylic acids is 3. The number of aliphatic carboxylic acids is 1. The third kappa shape index (κ3) is 50.7. The van der Waals surface area contributed by atoms with Crippen molar-refractivity contribution in [3.8, 4) is 0 Å². The lowest BCUT2D eigenvalue weighted by molar-refractivity contribution is -0.870. The van der Waals surface area contributed by atoms with Gasteiger partial charge in [0.15, 0.2) is 12.4 Å². The predicted octanol–water partition coefficient (Wildman–Crippen LogP) is 14.3. The molecule has 9 nitrogen and oxygen atoms in total. The van der Waals surface area contributed by atoms with E-state index in [-0.39, 0.29) is 38.6 Å². The number of carboxylic acids is 1. The van der Waals surface area contributed by atoms with Gasteiger partial charge in [-0.1, -0.05) is 203 Å². The van der Waals surface area contributed by atoms with Gasteiger partial charge in [-0.15, -0.1) is 0 Å². The molecule has 2 unspecified atom stereocenters. The first-order chi connectivity index (χ1) is 32.6. The van der Waals surface area contributed by atoms with Crippen LogP contribution in [-0.4, -0.2) is 82.3 Å². The van der Waals surface area contributed by atoms with Crippen LogP contribution in [0.5, 0.6) is 0 Å². The molecule has 0 bridgehead atoms. The van der Waals surface area contributed by atoms with Crippen LogP contribution < -0.4 is 5.11 Å². The highest BCUT2D eigenvalue weighted by Gasteiger charge is 2.22. The van der Waals surface area contributed by atoms with E-state index in [1.54, 1.807) is 0 Å². The second kappa shape index (κ2) is 49.4. The average molecular weight is 942 g/mol. The number of hydrogen-bond acceptors (Lipinski definition) is 8. The van der Waals surface area contributed by atoms with Gasteiger partial charge in [-0.05, 0) is 77.0 Å². The molecule has 0 aliphatic carbocycles. The Kier molecular flexibility index (Phi) is 47.2. The Labute approximate surface area is 412 Å². The van der Waals surface area contributed by atoms with E-state index in [1.165, 1.54) is 128 Å². The largest absolute Gasteiger partial charge is 0.545 e. The molecule has 0 N–H and O–H groups in total. The van der Waals surface area contributed by atoms with Gasteiger partial charge in [-0.2, -0.15) is 0 Å². The molecule has 0 rings (SSSR count). The number of carbonyl (C=O) groups is 3. The zero-order chi connectivity index (χ0) is 49.2. The molecule has 0 saturated heterocycles. The molecule has 0 fully saturated rings. The van der Waals surface area contributed by atoms with Gasteiger partial charge in [0.2, 0.25) is 0 Å². The summed E-state index contributed by atoms with van der Waals surface area (Å²) in [5.41, 5.74) is 0. The summed E-state index contributed by atoms with van der Waals surface area (Å²) < 4.78 is 22.6. The van der Waals surface area contributed by atoms with Gasteiger partial charge < -0.3 is 33.3 Å². The van der Waals surface area contributed by atoms with Crippen LogP contribution in [0.15, 0.2) is 60.8 Å². The molecule has 67 heavy (non-hydrogen) atoms. The second-order valence-electron chi connectivity index (χ2n) is 19.5. The Morgan fingerprint density at radius 2 is 0.851 bits per heavy atom. The number of ether oxygens (including phenoxy) is 4. The van der Waals surface area contributed by atoms with Gasteiger partial charge in [0, 0.05) is 12.8 Å². The van der Waals surface area contributed by atoms with Crippen LogP contribution in [0.3, 0.4) is 0 Å². The molecule has 2 atom stereocenters. The molecule has 9 heteroatoms. The third-order valence-corrected chi connectivity index (χ3v) is 11.7. The van der Waals surface area contributed by atoms with E-state index in [4.69, 9.17) is 18.9 Å². The number of carboxylic acid groups (broad SMARTS) is 1. The maximum atomic E-state index is 12.8. The first kappa shape index (κ1) is 64.0. The highest BCUT2D eigenvalue weighted by atomic mass is 16.7. The minimum absolute atomic E-state index is 0.141.